The van der Waals surface area contributed by atoms with Crippen LogP contribution in [0, 0.1) is 6.92 Å². The Kier molecular flexibility index (Phi) is 3.19. The largest absolute Gasteiger partial charge is 0.305 e. The predicted octanol–water partition coefficient (Wildman–Crippen LogP) is 0.428. The lowest BCUT2D eigenvalue weighted by atomic mass is 10.2. The molecule has 1 atom stereocenters. The van der Waals surface area contributed by atoms with Crippen LogP contribution in [0.25, 0.3) is 0 Å². The summed E-state index contributed by atoms with van der Waals surface area (Å²) in [6.45, 7) is 4.50. The molecule has 0 fully saturated rings. The molecule has 0 spiro atoms. The molecule has 0 aliphatic rings. The van der Waals surface area contributed by atoms with Crippen molar-refractivity contribution in [1.82, 2.24) is 15.0 Å². The van der Waals surface area contributed by atoms with Crippen LogP contribution in [0.5, 0.6) is 0 Å². The van der Waals surface area contributed by atoms with Crippen LogP contribution in [-0.2, 0) is 4.84 Å². The summed E-state index contributed by atoms with van der Waals surface area (Å²) in [6.07, 6.45) is 2.75. The van der Waals surface area contributed by atoms with Crippen molar-refractivity contribution in [3.05, 3.63) is 11.9 Å². The van der Waals surface area contributed by atoms with Crippen molar-refractivity contribution in [2.24, 2.45) is 5.90 Å². The molecule has 0 bridgehead atoms. The monoisotopic (exact) mass is 170 g/mol. The van der Waals surface area contributed by atoms with Crippen molar-refractivity contribution < 1.29 is 4.84 Å². The summed E-state index contributed by atoms with van der Waals surface area (Å²) in [5.74, 6) is 4.91. The highest BCUT2D eigenvalue weighted by Crippen LogP contribution is 2.08. The maximum Gasteiger partial charge on any atom is 0.0796 e. The fourth-order valence-electron chi connectivity index (χ4n) is 0.952. The van der Waals surface area contributed by atoms with Gasteiger partial charge in [0.15, 0.2) is 0 Å². The van der Waals surface area contributed by atoms with E-state index in [1.165, 1.54) is 0 Å². The van der Waals surface area contributed by atoms with Gasteiger partial charge in [-0.05, 0) is 20.3 Å². The molecule has 5 nitrogen and oxygen atoms in total. The number of hydrogen-bond acceptors (Lipinski definition) is 4. The fourth-order valence-corrected chi connectivity index (χ4v) is 0.952. The Morgan fingerprint density at radius 2 is 2.50 bits per heavy atom. The summed E-state index contributed by atoms with van der Waals surface area (Å²) in [4.78, 5) is 4.48. The van der Waals surface area contributed by atoms with Crippen LogP contribution in [0.1, 0.15) is 25.1 Å². The lowest BCUT2D eigenvalue weighted by molar-refractivity contribution is 0.124. The molecule has 1 heterocycles. The summed E-state index contributed by atoms with van der Waals surface area (Å²) in [7, 11) is 0. The first-order chi connectivity index (χ1) is 5.74. The molecular formula is C7H14N4O. The van der Waals surface area contributed by atoms with Crippen LogP contribution in [-0.4, -0.2) is 21.6 Å². The lowest BCUT2D eigenvalue weighted by Gasteiger charge is -2.09. The Hall–Kier alpha value is -0.940. The Balaban J connectivity index is 2.47. The van der Waals surface area contributed by atoms with Gasteiger partial charge < -0.3 is 4.84 Å². The molecule has 0 saturated carbocycles. The van der Waals surface area contributed by atoms with E-state index in [9.17, 15) is 0 Å². The molecule has 0 radical (unpaired) electrons. The van der Waals surface area contributed by atoms with Crippen molar-refractivity contribution in [2.45, 2.75) is 26.3 Å². The number of aromatic nitrogens is 3. The maximum atomic E-state index is 4.91. The van der Waals surface area contributed by atoms with Crippen LogP contribution in [0.3, 0.4) is 0 Å². The number of nitrogens with two attached hydrogens (primary N) is 1. The maximum absolute atomic E-state index is 4.91. The summed E-state index contributed by atoms with van der Waals surface area (Å²) in [6, 6.07) is 0.287. The Bertz CT molecular complexity index is 235. The molecule has 12 heavy (non-hydrogen) atoms. The molecule has 0 aliphatic carbocycles. The second-order valence-electron chi connectivity index (χ2n) is 2.85. The molecule has 1 rings (SSSR count). The highest BCUT2D eigenvalue weighted by Gasteiger charge is 2.05. The van der Waals surface area contributed by atoms with Crippen molar-refractivity contribution in [1.29, 1.82) is 0 Å². The molecule has 2 N–H and O–H groups in total. The molecule has 5 heteroatoms. The minimum atomic E-state index is 0.287. The van der Waals surface area contributed by atoms with E-state index in [-0.39, 0.29) is 6.04 Å². The summed E-state index contributed by atoms with van der Waals surface area (Å²) in [5.41, 5.74) is 0.926. The van der Waals surface area contributed by atoms with Gasteiger partial charge in [0.25, 0.3) is 0 Å². The topological polar surface area (TPSA) is 66.0 Å². The zero-order valence-corrected chi connectivity index (χ0v) is 7.40. The van der Waals surface area contributed by atoms with E-state index in [0.29, 0.717) is 6.61 Å². The fraction of sp³-hybridized carbons (Fsp3) is 0.714. The van der Waals surface area contributed by atoms with Crippen LogP contribution in [0.15, 0.2) is 6.20 Å². The third-order valence-corrected chi connectivity index (χ3v) is 1.73. The Morgan fingerprint density at radius 3 is 3.00 bits per heavy atom. The first-order valence-electron chi connectivity index (χ1n) is 3.94. The number of aryl methyl sites for hydroxylation is 1. The summed E-state index contributed by atoms with van der Waals surface area (Å²) in [5, 5.41) is 7.83. The van der Waals surface area contributed by atoms with E-state index < -0.39 is 0 Å². The van der Waals surface area contributed by atoms with E-state index in [4.69, 9.17) is 5.90 Å². The first-order valence-corrected chi connectivity index (χ1v) is 3.94. The van der Waals surface area contributed by atoms with Gasteiger partial charge in [-0.25, -0.2) is 10.6 Å². The van der Waals surface area contributed by atoms with Gasteiger partial charge in [0.2, 0.25) is 0 Å². The van der Waals surface area contributed by atoms with Crippen LogP contribution in [0.4, 0.5) is 0 Å². The van der Waals surface area contributed by atoms with E-state index >= 15 is 0 Å². The summed E-state index contributed by atoms with van der Waals surface area (Å²) >= 11 is 0. The molecular weight excluding hydrogens is 156 g/mol. The summed E-state index contributed by atoms with van der Waals surface area (Å²) < 4.78 is 1.81. The smallest absolute Gasteiger partial charge is 0.0796 e. The van der Waals surface area contributed by atoms with Gasteiger partial charge in [-0.15, -0.1) is 5.10 Å². The SMILES string of the molecule is Cc1cn(C(C)CCON)nn1. The van der Waals surface area contributed by atoms with Crippen LogP contribution >= 0.6 is 0 Å². The first kappa shape index (κ1) is 9.15. The number of rotatable bonds is 4. The zero-order chi connectivity index (χ0) is 8.97. The molecule has 0 aromatic carbocycles. The molecule has 1 unspecified atom stereocenters. The molecule has 1 aromatic heterocycles. The Morgan fingerprint density at radius 1 is 1.75 bits per heavy atom. The minimum Gasteiger partial charge on any atom is -0.305 e. The van der Waals surface area contributed by atoms with Crippen molar-refractivity contribution in [3.8, 4) is 0 Å². The minimum absolute atomic E-state index is 0.287. The van der Waals surface area contributed by atoms with Crippen molar-refractivity contribution in [3.63, 3.8) is 0 Å². The molecule has 0 aliphatic heterocycles. The van der Waals surface area contributed by atoms with Crippen LogP contribution < -0.4 is 5.90 Å². The Labute approximate surface area is 71.5 Å². The van der Waals surface area contributed by atoms with Crippen molar-refractivity contribution in [2.75, 3.05) is 6.61 Å². The van der Waals surface area contributed by atoms with Gasteiger partial charge in [0, 0.05) is 6.20 Å². The van der Waals surface area contributed by atoms with E-state index in [1.807, 2.05) is 24.7 Å². The second kappa shape index (κ2) is 4.18. The average molecular weight is 170 g/mol. The van der Waals surface area contributed by atoms with Gasteiger partial charge in [-0.3, -0.25) is 0 Å². The molecule has 0 saturated heterocycles. The second-order valence-corrected chi connectivity index (χ2v) is 2.85. The van der Waals surface area contributed by atoms with Gasteiger partial charge in [0.1, 0.15) is 0 Å². The zero-order valence-electron chi connectivity index (χ0n) is 7.40. The third-order valence-electron chi connectivity index (χ3n) is 1.73. The molecule has 68 valence electrons. The van der Waals surface area contributed by atoms with E-state index in [0.717, 1.165) is 12.1 Å². The van der Waals surface area contributed by atoms with E-state index in [1.54, 1.807) is 0 Å². The van der Waals surface area contributed by atoms with Gasteiger partial charge in [-0.1, -0.05) is 5.21 Å². The normalized spacial score (nSPS) is 13.2. The highest BCUT2D eigenvalue weighted by atomic mass is 16.6. The van der Waals surface area contributed by atoms with Crippen molar-refractivity contribution >= 4 is 0 Å². The molecule has 1 aromatic rings. The third kappa shape index (κ3) is 2.28. The van der Waals surface area contributed by atoms with Crippen LogP contribution in [0.2, 0.25) is 0 Å². The average Bonchev–Trinajstić information content (AvgIpc) is 2.47. The number of nitrogens with zero attached hydrogens (tertiary/aromatic N) is 3. The quantitative estimate of drug-likeness (QED) is 0.665. The van der Waals surface area contributed by atoms with E-state index in [2.05, 4.69) is 15.1 Å². The van der Waals surface area contributed by atoms with Gasteiger partial charge >= 0.3 is 0 Å². The number of hydrogen-bond donors (Lipinski definition) is 1. The highest BCUT2D eigenvalue weighted by molar-refractivity contribution is 4.87. The van der Waals surface area contributed by atoms with Gasteiger partial charge in [-0.2, -0.15) is 0 Å². The molecule has 0 amide bonds. The lowest BCUT2D eigenvalue weighted by Crippen LogP contribution is -2.11. The van der Waals surface area contributed by atoms with Gasteiger partial charge in [0.05, 0.1) is 18.3 Å². The predicted molar refractivity (Wildman–Crippen MR) is 44.2 cm³/mol. The standard InChI is InChI=1S/C7H14N4O/c1-6-5-11(10-9-6)7(2)3-4-12-8/h5,7H,3-4,8H2,1-2H3.